The molecule has 9 heteroatoms. The number of nitrogens with one attached hydrogen (secondary N) is 2. The highest BCUT2D eigenvalue weighted by Gasteiger charge is 2.14. The van der Waals surface area contributed by atoms with Crippen molar-refractivity contribution in [2.45, 2.75) is 13.8 Å². The maximum absolute atomic E-state index is 12.9. The summed E-state index contributed by atoms with van der Waals surface area (Å²) in [4.78, 5) is 23.0. The van der Waals surface area contributed by atoms with Gasteiger partial charge in [-0.05, 0) is 64.8 Å². The largest absolute Gasteiger partial charge is 0.490 e. The van der Waals surface area contributed by atoms with Gasteiger partial charge in [0.1, 0.15) is 5.82 Å². The Morgan fingerprint density at radius 3 is 2.57 bits per heavy atom. The molecular weight excluding hydrogens is 433 g/mol. The smallest absolute Gasteiger partial charge is 0.262 e. The van der Waals surface area contributed by atoms with E-state index in [2.05, 4.69) is 31.8 Å². The van der Waals surface area contributed by atoms with Crippen molar-refractivity contribution in [1.29, 1.82) is 0 Å². The lowest BCUT2D eigenvalue weighted by Gasteiger charge is -2.14. The molecular formula is C19H19BrFN3O4. The molecule has 28 heavy (non-hydrogen) atoms. The van der Waals surface area contributed by atoms with E-state index in [1.165, 1.54) is 37.4 Å². The first-order valence-corrected chi connectivity index (χ1v) is 9.12. The molecule has 2 rings (SSSR count). The van der Waals surface area contributed by atoms with Crippen LogP contribution in [0.4, 0.5) is 10.1 Å². The molecule has 2 N–H and O–H groups in total. The second-order valence-corrected chi connectivity index (χ2v) is 6.39. The third kappa shape index (κ3) is 6.66. The molecule has 0 aliphatic carbocycles. The molecule has 0 aromatic heterocycles. The average molecular weight is 452 g/mol. The third-order valence-electron chi connectivity index (χ3n) is 3.24. The molecule has 0 saturated heterocycles. The molecule has 0 unspecified atom stereocenters. The Kier molecular flexibility index (Phi) is 7.94. The SMILES string of the molecule is CCOc1cc(/C=N\NC(C)=O)cc(Br)c1OCC(=O)Nc1ccc(F)cc1. The quantitative estimate of drug-likeness (QED) is 0.474. The van der Waals surface area contributed by atoms with Gasteiger partial charge in [-0.25, -0.2) is 9.82 Å². The van der Waals surface area contributed by atoms with E-state index in [4.69, 9.17) is 9.47 Å². The predicted octanol–water partition coefficient (Wildman–Crippen LogP) is 3.47. The Morgan fingerprint density at radius 2 is 1.93 bits per heavy atom. The maximum Gasteiger partial charge on any atom is 0.262 e. The fraction of sp³-hybridized carbons (Fsp3) is 0.211. The zero-order chi connectivity index (χ0) is 20.5. The number of hydrogen-bond donors (Lipinski definition) is 2. The Bertz CT molecular complexity index is 872. The van der Waals surface area contributed by atoms with Crippen molar-refractivity contribution in [3.05, 3.63) is 52.3 Å². The molecule has 0 spiro atoms. The van der Waals surface area contributed by atoms with Gasteiger partial charge in [0, 0.05) is 12.6 Å². The minimum atomic E-state index is -0.405. The number of halogens is 2. The summed E-state index contributed by atoms with van der Waals surface area (Å²) >= 11 is 3.39. The summed E-state index contributed by atoms with van der Waals surface area (Å²) in [6, 6.07) is 8.80. The first-order valence-electron chi connectivity index (χ1n) is 8.33. The number of hydrazone groups is 1. The third-order valence-corrected chi connectivity index (χ3v) is 3.83. The van der Waals surface area contributed by atoms with Gasteiger partial charge in [-0.3, -0.25) is 9.59 Å². The van der Waals surface area contributed by atoms with Crippen molar-refractivity contribution >= 4 is 39.6 Å². The normalized spacial score (nSPS) is 10.6. The lowest BCUT2D eigenvalue weighted by molar-refractivity contribution is -0.119. The summed E-state index contributed by atoms with van der Waals surface area (Å²) in [6.07, 6.45) is 1.46. The number of rotatable bonds is 8. The number of carbonyl (C=O) groups is 2. The van der Waals surface area contributed by atoms with Crippen molar-refractivity contribution in [3.8, 4) is 11.5 Å². The van der Waals surface area contributed by atoms with Crippen LogP contribution in [0, 0.1) is 5.82 Å². The lowest BCUT2D eigenvalue weighted by atomic mass is 10.2. The lowest BCUT2D eigenvalue weighted by Crippen LogP contribution is -2.20. The number of nitrogens with zero attached hydrogens (tertiary/aromatic N) is 1. The maximum atomic E-state index is 12.9. The van der Waals surface area contributed by atoms with Crippen molar-refractivity contribution in [2.24, 2.45) is 5.10 Å². The van der Waals surface area contributed by atoms with Gasteiger partial charge < -0.3 is 14.8 Å². The highest BCUT2D eigenvalue weighted by molar-refractivity contribution is 9.10. The van der Waals surface area contributed by atoms with Gasteiger partial charge in [0.25, 0.3) is 5.91 Å². The fourth-order valence-electron chi connectivity index (χ4n) is 2.13. The van der Waals surface area contributed by atoms with Gasteiger partial charge >= 0.3 is 0 Å². The predicted molar refractivity (Wildman–Crippen MR) is 107 cm³/mol. The van der Waals surface area contributed by atoms with E-state index in [1.54, 1.807) is 12.1 Å². The van der Waals surface area contributed by atoms with E-state index in [-0.39, 0.29) is 18.3 Å². The second kappa shape index (κ2) is 10.4. The van der Waals surface area contributed by atoms with Crippen LogP contribution in [0.15, 0.2) is 46.0 Å². The van der Waals surface area contributed by atoms with Crippen LogP contribution in [0.3, 0.4) is 0 Å². The van der Waals surface area contributed by atoms with Crippen LogP contribution in [0.25, 0.3) is 0 Å². The number of carbonyl (C=O) groups excluding carboxylic acids is 2. The molecule has 2 amide bonds. The Labute approximate surface area is 170 Å². The van der Waals surface area contributed by atoms with Gasteiger partial charge in [-0.2, -0.15) is 5.10 Å². The van der Waals surface area contributed by atoms with E-state index < -0.39 is 5.91 Å². The number of amides is 2. The number of anilines is 1. The highest BCUT2D eigenvalue weighted by atomic mass is 79.9. The average Bonchev–Trinajstić information content (AvgIpc) is 2.63. The van der Waals surface area contributed by atoms with E-state index >= 15 is 0 Å². The van der Waals surface area contributed by atoms with Crippen LogP contribution in [0.1, 0.15) is 19.4 Å². The van der Waals surface area contributed by atoms with E-state index in [1.807, 2.05) is 6.92 Å². The summed E-state index contributed by atoms with van der Waals surface area (Å²) < 4.78 is 24.6. The molecule has 0 aliphatic heterocycles. The number of hydrogen-bond acceptors (Lipinski definition) is 5. The summed E-state index contributed by atoms with van der Waals surface area (Å²) in [5, 5.41) is 6.42. The molecule has 148 valence electrons. The van der Waals surface area contributed by atoms with Gasteiger partial charge in [0.05, 0.1) is 17.3 Å². The number of ether oxygens (including phenoxy) is 2. The van der Waals surface area contributed by atoms with Crippen LogP contribution < -0.4 is 20.2 Å². The zero-order valence-electron chi connectivity index (χ0n) is 15.3. The summed E-state index contributed by atoms with van der Waals surface area (Å²) in [5.41, 5.74) is 3.43. The molecule has 0 bridgehead atoms. The van der Waals surface area contributed by atoms with Crippen LogP contribution in [0.2, 0.25) is 0 Å². The minimum Gasteiger partial charge on any atom is -0.490 e. The summed E-state index contributed by atoms with van der Waals surface area (Å²) in [7, 11) is 0. The standard InChI is InChI=1S/C19H19BrFN3O4/c1-3-27-17-9-13(10-22-24-12(2)25)8-16(20)19(17)28-11-18(26)23-15-6-4-14(21)5-7-15/h4-10H,3,11H2,1-2H3,(H,23,26)(H,24,25)/b22-10-. The first-order chi connectivity index (χ1) is 13.4. The van der Waals surface area contributed by atoms with E-state index in [0.29, 0.717) is 33.8 Å². The van der Waals surface area contributed by atoms with E-state index in [0.717, 1.165) is 0 Å². The topological polar surface area (TPSA) is 89.0 Å². The molecule has 7 nitrogen and oxygen atoms in total. The van der Waals surface area contributed by atoms with Crippen LogP contribution in [-0.4, -0.2) is 31.2 Å². The van der Waals surface area contributed by atoms with Crippen LogP contribution >= 0.6 is 15.9 Å². The monoisotopic (exact) mass is 451 g/mol. The molecule has 0 heterocycles. The molecule has 0 radical (unpaired) electrons. The molecule has 0 aliphatic rings. The van der Waals surface area contributed by atoms with Crippen LogP contribution in [0.5, 0.6) is 11.5 Å². The Balaban J connectivity index is 2.08. The first kappa shape index (κ1) is 21.4. The molecule has 2 aromatic carbocycles. The summed E-state index contributed by atoms with van der Waals surface area (Å²) in [5.74, 6) is -0.310. The second-order valence-electron chi connectivity index (χ2n) is 5.53. The highest BCUT2D eigenvalue weighted by Crippen LogP contribution is 2.36. The van der Waals surface area contributed by atoms with Crippen molar-refractivity contribution in [1.82, 2.24) is 5.43 Å². The molecule has 2 aromatic rings. The minimum absolute atomic E-state index is 0.268. The van der Waals surface area contributed by atoms with Gasteiger partial charge in [0.2, 0.25) is 5.91 Å². The van der Waals surface area contributed by atoms with Crippen LogP contribution in [-0.2, 0) is 9.59 Å². The summed E-state index contributed by atoms with van der Waals surface area (Å²) in [6.45, 7) is 3.29. The van der Waals surface area contributed by atoms with Crippen molar-refractivity contribution in [3.63, 3.8) is 0 Å². The van der Waals surface area contributed by atoms with Gasteiger partial charge in [-0.15, -0.1) is 0 Å². The van der Waals surface area contributed by atoms with Crippen molar-refractivity contribution < 1.29 is 23.5 Å². The number of benzene rings is 2. The Hall–Kier alpha value is -2.94. The van der Waals surface area contributed by atoms with Gasteiger partial charge in [-0.1, -0.05) is 0 Å². The van der Waals surface area contributed by atoms with Gasteiger partial charge in [0.15, 0.2) is 18.1 Å². The molecule has 0 fully saturated rings. The van der Waals surface area contributed by atoms with E-state index in [9.17, 15) is 14.0 Å². The molecule has 0 atom stereocenters. The van der Waals surface area contributed by atoms with Crippen molar-refractivity contribution in [2.75, 3.05) is 18.5 Å². The molecule has 0 saturated carbocycles. The fourth-order valence-corrected chi connectivity index (χ4v) is 2.71. The zero-order valence-corrected chi connectivity index (χ0v) is 16.9. The Morgan fingerprint density at radius 1 is 1.21 bits per heavy atom.